The molecule has 0 spiro atoms. The normalized spacial score (nSPS) is 17.9. The number of amides is 1. The second-order valence-corrected chi connectivity index (χ2v) is 14.1. The predicted molar refractivity (Wildman–Crippen MR) is 210 cm³/mol. The fraction of sp³-hybridized carbons (Fsp3) is 0.310. The topological polar surface area (TPSA) is 98.5 Å². The highest BCUT2D eigenvalue weighted by Crippen LogP contribution is 2.34. The first-order chi connectivity index (χ1) is 26.4. The molecule has 0 saturated carbocycles. The van der Waals surface area contributed by atoms with Crippen molar-refractivity contribution in [3.63, 3.8) is 0 Å². The summed E-state index contributed by atoms with van der Waals surface area (Å²) < 4.78 is 36.5. The first-order valence-corrected chi connectivity index (χ1v) is 18.7. The van der Waals surface area contributed by atoms with Crippen LogP contribution in [-0.4, -0.2) is 72.5 Å². The van der Waals surface area contributed by atoms with Crippen molar-refractivity contribution in [2.24, 2.45) is 10.9 Å². The van der Waals surface area contributed by atoms with E-state index in [0.717, 1.165) is 59.7 Å². The third-order valence-corrected chi connectivity index (χ3v) is 10.6. The van der Waals surface area contributed by atoms with Crippen molar-refractivity contribution in [2.45, 2.75) is 38.4 Å². The number of hydrogen-bond acceptors (Lipinski definition) is 8. The summed E-state index contributed by atoms with van der Waals surface area (Å²) in [5, 5.41) is 9.39. The molecule has 0 bridgehead atoms. The largest absolute Gasteiger partial charge is 0.495 e. The Kier molecular flexibility index (Phi) is 10.3. The van der Waals surface area contributed by atoms with Crippen molar-refractivity contribution >= 4 is 40.5 Å². The molecule has 278 valence electrons. The molecular formula is C42H44F2N8O2. The highest BCUT2D eigenvalue weighted by atomic mass is 19.1. The fourth-order valence-electron chi connectivity index (χ4n) is 7.75. The lowest BCUT2D eigenvalue weighted by Crippen LogP contribution is -2.40. The average molecular weight is 731 g/mol. The molecular weight excluding hydrogens is 687 g/mol. The van der Waals surface area contributed by atoms with E-state index in [1.54, 1.807) is 31.5 Å². The van der Waals surface area contributed by atoms with Crippen LogP contribution in [0, 0.1) is 17.6 Å². The molecule has 0 radical (unpaired) electrons. The van der Waals surface area contributed by atoms with Crippen LogP contribution >= 0.6 is 0 Å². The average Bonchev–Trinajstić information content (AvgIpc) is 3.60. The lowest BCUT2D eigenvalue weighted by atomic mass is 9.95. The number of imidazole rings is 1. The molecule has 1 amide bonds. The minimum atomic E-state index is -0.852. The minimum Gasteiger partial charge on any atom is -0.495 e. The number of nitrogens with one attached hydrogen (secondary N) is 3. The van der Waals surface area contributed by atoms with E-state index in [-0.39, 0.29) is 5.56 Å². The molecule has 3 aliphatic rings. The Hall–Kier alpha value is -5.75. The number of likely N-dealkylation sites (tertiary alicyclic amines) is 1. The number of fused-ring (bicyclic) bond motifs is 1. The van der Waals surface area contributed by atoms with Gasteiger partial charge in [-0.3, -0.25) is 9.20 Å². The van der Waals surface area contributed by atoms with Gasteiger partial charge in [0.05, 0.1) is 29.9 Å². The highest BCUT2D eigenvalue weighted by molar-refractivity contribution is 6.05. The summed E-state index contributed by atoms with van der Waals surface area (Å²) in [4.78, 5) is 27.9. The number of benzene rings is 3. The van der Waals surface area contributed by atoms with Gasteiger partial charge in [-0.2, -0.15) is 0 Å². The molecule has 2 saturated heterocycles. The van der Waals surface area contributed by atoms with Gasteiger partial charge in [0.25, 0.3) is 5.91 Å². The summed E-state index contributed by atoms with van der Waals surface area (Å²) in [6.45, 7) is 5.81. The van der Waals surface area contributed by atoms with Gasteiger partial charge in [-0.05, 0) is 99.3 Å². The van der Waals surface area contributed by atoms with Crippen LogP contribution in [0.2, 0.25) is 0 Å². The third kappa shape index (κ3) is 7.52. The van der Waals surface area contributed by atoms with Gasteiger partial charge >= 0.3 is 0 Å². The monoisotopic (exact) mass is 730 g/mol. The van der Waals surface area contributed by atoms with Gasteiger partial charge in [-0.25, -0.2) is 18.8 Å². The van der Waals surface area contributed by atoms with Gasteiger partial charge in [0, 0.05) is 54.9 Å². The number of hydrogen-bond donors (Lipinski definition) is 3. The highest BCUT2D eigenvalue weighted by Gasteiger charge is 2.25. The van der Waals surface area contributed by atoms with Gasteiger partial charge in [-0.15, -0.1) is 0 Å². The SMILES string of the molecule is COc1cc(N2CCC(CN3CCCCC3)CC2)ccc1NC1N=CC=C(c2c(-c3cccc(C(=O)Nc4c(F)cccc4F)c3)nc3ccccn23)N1. The number of rotatable bonds is 10. The number of pyridine rings is 1. The summed E-state index contributed by atoms with van der Waals surface area (Å²) >= 11 is 0. The maximum absolute atomic E-state index is 14.3. The standard InChI is InChI=1S/C42H44F2N8O2/c1-54-36-26-31(51-23-17-28(18-24-51)27-50-20-4-2-5-21-50)14-15-34(36)46-42-45-19-16-35(47-42)40-38(48-37-13-3-6-22-52(37)40)29-9-7-10-30(25-29)41(53)49-39-32(43)11-8-12-33(39)44/h3,6-16,19,22,25-26,28,42,46-47H,2,4-5,17-18,20-21,23-24,27H2,1H3,(H,49,53). The quantitative estimate of drug-likeness (QED) is 0.136. The van der Waals surface area contributed by atoms with Crippen LogP contribution < -0.4 is 25.6 Å². The van der Waals surface area contributed by atoms with Gasteiger partial charge in [0.2, 0.25) is 0 Å². The molecule has 2 fully saturated rings. The Balaban J connectivity index is 0.985. The van der Waals surface area contributed by atoms with Crippen molar-refractivity contribution < 1.29 is 18.3 Å². The Morgan fingerprint density at radius 1 is 0.926 bits per heavy atom. The van der Waals surface area contributed by atoms with Crippen LogP contribution in [-0.2, 0) is 0 Å². The van der Waals surface area contributed by atoms with E-state index >= 15 is 0 Å². The number of anilines is 3. The summed E-state index contributed by atoms with van der Waals surface area (Å²) in [6, 6.07) is 22.3. The molecule has 5 heterocycles. The summed E-state index contributed by atoms with van der Waals surface area (Å²) in [6.07, 6.45) is 11.5. The second-order valence-electron chi connectivity index (χ2n) is 14.1. The number of carbonyl (C=O) groups is 1. The molecule has 0 aliphatic carbocycles. The molecule has 12 heteroatoms. The Morgan fingerprint density at radius 3 is 2.52 bits per heavy atom. The summed E-state index contributed by atoms with van der Waals surface area (Å²) in [5.41, 5.74) is 5.16. The van der Waals surface area contributed by atoms with E-state index in [2.05, 4.69) is 42.9 Å². The van der Waals surface area contributed by atoms with Crippen molar-refractivity contribution in [2.75, 3.05) is 55.4 Å². The van der Waals surface area contributed by atoms with E-state index in [9.17, 15) is 13.6 Å². The van der Waals surface area contributed by atoms with Crippen molar-refractivity contribution in [3.05, 3.63) is 114 Å². The second kappa shape index (κ2) is 15.7. The number of para-hydroxylation sites is 1. The molecule has 3 N–H and O–H groups in total. The van der Waals surface area contributed by atoms with E-state index in [4.69, 9.17) is 9.72 Å². The summed E-state index contributed by atoms with van der Waals surface area (Å²) in [7, 11) is 1.68. The van der Waals surface area contributed by atoms with Gasteiger partial charge in [-0.1, -0.05) is 30.7 Å². The van der Waals surface area contributed by atoms with Crippen LogP contribution in [0.3, 0.4) is 0 Å². The van der Waals surface area contributed by atoms with Crippen LogP contribution in [0.4, 0.5) is 25.8 Å². The maximum Gasteiger partial charge on any atom is 0.255 e. The number of methoxy groups -OCH3 is 1. The van der Waals surface area contributed by atoms with Gasteiger partial charge < -0.3 is 30.5 Å². The Labute approximate surface area is 313 Å². The van der Waals surface area contributed by atoms with Gasteiger partial charge in [0.1, 0.15) is 28.7 Å². The number of ether oxygens (including phenoxy) is 1. The smallest absolute Gasteiger partial charge is 0.255 e. The number of nitrogens with zero attached hydrogens (tertiary/aromatic N) is 5. The third-order valence-electron chi connectivity index (χ3n) is 10.6. The number of allylic oxidation sites excluding steroid dienone is 1. The first-order valence-electron chi connectivity index (χ1n) is 18.7. The van der Waals surface area contributed by atoms with Crippen molar-refractivity contribution in [1.29, 1.82) is 0 Å². The molecule has 10 nitrogen and oxygen atoms in total. The lowest BCUT2D eigenvalue weighted by molar-refractivity contribution is 0.102. The number of aromatic nitrogens is 2. The van der Waals surface area contributed by atoms with Crippen LogP contribution in [0.15, 0.2) is 96.1 Å². The zero-order valence-corrected chi connectivity index (χ0v) is 30.3. The predicted octanol–water partition coefficient (Wildman–Crippen LogP) is 7.65. The molecule has 1 atom stereocenters. The molecule has 5 aromatic rings. The van der Waals surface area contributed by atoms with Crippen molar-refractivity contribution in [3.8, 4) is 17.0 Å². The molecule has 3 aromatic carbocycles. The van der Waals surface area contributed by atoms with E-state index in [1.807, 2.05) is 47.0 Å². The maximum atomic E-state index is 14.3. The zero-order valence-electron chi connectivity index (χ0n) is 30.3. The van der Waals surface area contributed by atoms with Gasteiger partial charge in [0.15, 0.2) is 6.29 Å². The Morgan fingerprint density at radius 2 is 1.72 bits per heavy atom. The van der Waals surface area contributed by atoms with E-state index < -0.39 is 29.5 Å². The van der Waals surface area contributed by atoms with Crippen LogP contribution in [0.5, 0.6) is 5.75 Å². The molecule has 1 unspecified atom stereocenters. The zero-order chi connectivity index (χ0) is 37.0. The summed E-state index contributed by atoms with van der Waals surface area (Å²) in [5.74, 6) is -0.858. The number of carbonyl (C=O) groups excluding carboxylic acids is 1. The molecule has 2 aromatic heterocycles. The van der Waals surface area contributed by atoms with Crippen LogP contribution in [0.25, 0.3) is 22.6 Å². The Bertz CT molecular complexity index is 2180. The van der Waals surface area contributed by atoms with Crippen LogP contribution in [0.1, 0.15) is 48.2 Å². The minimum absolute atomic E-state index is 0.224. The van der Waals surface area contributed by atoms with E-state index in [0.29, 0.717) is 16.9 Å². The lowest BCUT2D eigenvalue weighted by Gasteiger charge is -2.37. The molecule has 3 aliphatic heterocycles. The number of piperidine rings is 2. The van der Waals surface area contributed by atoms with Crippen molar-refractivity contribution in [1.82, 2.24) is 19.6 Å². The number of aliphatic imine (C=N–C) groups is 1. The molecule has 54 heavy (non-hydrogen) atoms. The fourth-order valence-corrected chi connectivity index (χ4v) is 7.75. The van der Waals surface area contributed by atoms with E-state index in [1.165, 1.54) is 57.8 Å². The first kappa shape index (κ1) is 35.3. The number of halogens is 2. The molecule has 8 rings (SSSR count).